The van der Waals surface area contributed by atoms with Gasteiger partial charge < -0.3 is 0 Å². The van der Waals surface area contributed by atoms with E-state index in [0.717, 1.165) is 41.6 Å². The summed E-state index contributed by atoms with van der Waals surface area (Å²) in [6.45, 7) is 2.13. The number of hydrogen-bond acceptors (Lipinski definition) is 4. The molecule has 136 valence electrons. The molecule has 3 rings (SSSR count). The lowest BCUT2D eigenvalue weighted by molar-refractivity contribution is 0.938. The van der Waals surface area contributed by atoms with E-state index in [1.54, 1.807) is 11.3 Å². The Bertz CT molecular complexity index is 955. The van der Waals surface area contributed by atoms with Crippen LogP contribution in [0.4, 0.5) is 0 Å². The van der Waals surface area contributed by atoms with Gasteiger partial charge in [-0.05, 0) is 30.9 Å². The molecule has 1 heterocycles. The third kappa shape index (κ3) is 5.08. The Morgan fingerprint density at radius 2 is 1.74 bits per heavy atom. The van der Waals surface area contributed by atoms with Crippen molar-refractivity contribution in [3.63, 3.8) is 0 Å². The number of rotatable bonds is 8. The van der Waals surface area contributed by atoms with Crippen molar-refractivity contribution >= 4 is 28.8 Å². The van der Waals surface area contributed by atoms with Crippen LogP contribution >= 0.6 is 11.3 Å². The molecule has 0 unspecified atom stereocenters. The Morgan fingerprint density at radius 3 is 2.48 bits per heavy atom. The molecule has 4 heteroatoms. The summed E-state index contributed by atoms with van der Waals surface area (Å²) in [7, 11) is 0. The zero-order valence-electron chi connectivity index (χ0n) is 15.4. The lowest BCUT2D eigenvalue weighted by Gasteiger charge is -2.07. The van der Waals surface area contributed by atoms with Crippen molar-refractivity contribution in [2.24, 2.45) is 0 Å². The van der Waals surface area contributed by atoms with Gasteiger partial charge in [0, 0.05) is 16.5 Å². The van der Waals surface area contributed by atoms with E-state index in [0.29, 0.717) is 0 Å². The molecule has 0 aliphatic rings. The number of benzene rings is 2. The average molecular weight is 374 g/mol. The predicted octanol–water partition coefficient (Wildman–Crippen LogP) is 5.79. The highest BCUT2D eigenvalue weighted by Gasteiger charge is 2.10. The highest BCUT2D eigenvalue weighted by molar-refractivity contribution is 7.09. The second-order valence-corrected chi connectivity index (χ2v) is 7.21. The summed E-state index contributed by atoms with van der Waals surface area (Å²) in [5.41, 5.74) is 4.22. The van der Waals surface area contributed by atoms with E-state index < -0.39 is 0 Å². The van der Waals surface area contributed by atoms with Crippen LogP contribution in [0.2, 0.25) is 0 Å². The minimum Gasteiger partial charge on any atom is -0.298 e. The van der Waals surface area contributed by atoms with Gasteiger partial charge in [0.15, 0.2) is 0 Å². The molecule has 0 atom stereocenters. The van der Waals surface area contributed by atoms with Crippen molar-refractivity contribution in [3.05, 3.63) is 93.4 Å². The Kier molecular flexibility index (Phi) is 6.44. The third-order valence-corrected chi connectivity index (χ3v) is 5.31. The predicted molar refractivity (Wildman–Crippen MR) is 115 cm³/mol. The van der Waals surface area contributed by atoms with E-state index in [1.165, 1.54) is 5.01 Å². The second kappa shape index (κ2) is 9.19. The fraction of sp³-hybridized carbons (Fsp3) is 0.174. The Morgan fingerprint density at radius 1 is 1.00 bits per heavy atom. The van der Waals surface area contributed by atoms with Gasteiger partial charge in [0.1, 0.15) is 0 Å². The van der Waals surface area contributed by atoms with E-state index in [-0.39, 0.29) is 11.4 Å². The number of aryl methyl sites for hydroxylation is 2. The summed E-state index contributed by atoms with van der Waals surface area (Å²) < 4.78 is 0. The van der Waals surface area contributed by atoms with Crippen LogP contribution in [-0.4, -0.2) is 16.4 Å². The number of nitrogens with one attached hydrogen (secondary N) is 2. The highest BCUT2D eigenvalue weighted by Crippen LogP contribution is 2.14. The second-order valence-electron chi connectivity index (χ2n) is 6.27. The van der Waals surface area contributed by atoms with Gasteiger partial charge in [0.2, 0.25) is 0 Å². The van der Waals surface area contributed by atoms with Crippen molar-refractivity contribution in [1.29, 1.82) is 10.8 Å². The van der Waals surface area contributed by atoms with Crippen LogP contribution in [0, 0.1) is 10.8 Å². The number of thiazole rings is 1. The summed E-state index contributed by atoms with van der Waals surface area (Å²) in [6, 6.07) is 17.2. The SMILES string of the molecule is CCc1nc(CC/C=C/c2cccc(C(=N)C(=N)c3ccccc3)c2)cs1. The summed E-state index contributed by atoms with van der Waals surface area (Å²) in [6.07, 6.45) is 7.11. The van der Waals surface area contributed by atoms with E-state index in [4.69, 9.17) is 10.8 Å². The molecule has 2 N–H and O–H groups in total. The molecule has 1 aromatic heterocycles. The topological polar surface area (TPSA) is 60.6 Å². The van der Waals surface area contributed by atoms with Crippen molar-refractivity contribution in [2.75, 3.05) is 0 Å². The minimum absolute atomic E-state index is 0.242. The van der Waals surface area contributed by atoms with Crippen LogP contribution in [0.5, 0.6) is 0 Å². The molecular formula is C23H23N3S. The standard InChI is InChI=1S/C23H23N3S/c1-2-21-26-20(16-27-21)14-7-6-9-17-10-8-13-19(15-17)23(25)22(24)18-11-4-3-5-12-18/h3-6,8-13,15-16,24-25H,2,7,14H2,1H3/b9-6+,24-22?,25-23?. The molecule has 27 heavy (non-hydrogen) atoms. The lowest BCUT2D eigenvalue weighted by Crippen LogP contribution is -2.14. The molecule has 0 saturated carbocycles. The van der Waals surface area contributed by atoms with Gasteiger partial charge in [0.05, 0.1) is 22.1 Å². The molecule has 2 aromatic carbocycles. The van der Waals surface area contributed by atoms with Gasteiger partial charge in [-0.1, -0.05) is 67.6 Å². The van der Waals surface area contributed by atoms with Crippen LogP contribution in [0.15, 0.2) is 66.1 Å². The summed E-state index contributed by atoms with van der Waals surface area (Å²) in [5, 5.41) is 20.0. The average Bonchev–Trinajstić information content (AvgIpc) is 3.19. The van der Waals surface area contributed by atoms with Gasteiger partial charge in [-0.15, -0.1) is 11.3 Å². The first kappa shape index (κ1) is 18.9. The molecule has 3 nitrogen and oxygen atoms in total. The molecule has 0 saturated heterocycles. The maximum absolute atomic E-state index is 8.36. The van der Waals surface area contributed by atoms with Crippen molar-refractivity contribution in [3.8, 4) is 0 Å². The van der Waals surface area contributed by atoms with Crippen molar-refractivity contribution < 1.29 is 0 Å². The van der Waals surface area contributed by atoms with Crippen LogP contribution in [0.1, 0.15) is 40.7 Å². The number of allylic oxidation sites excluding steroid dienone is 1. The fourth-order valence-corrected chi connectivity index (χ4v) is 3.55. The Labute approximate surface area is 164 Å². The molecule has 0 bridgehead atoms. The number of aromatic nitrogens is 1. The normalized spacial score (nSPS) is 11.0. The summed E-state index contributed by atoms with van der Waals surface area (Å²) in [4.78, 5) is 4.59. The zero-order chi connectivity index (χ0) is 19.1. The highest BCUT2D eigenvalue weighted by atomic mass is 32.1. The van der Waals surface area contributed by atoms with Gasteiger partial charge >= 0.3 is 0 Å². The van der Waals surface area contributed by atoms with Crippen LogP contribution in [0.25, 0.3) is 6.08 Å². The fourth-order valence-electron chi connectivity index (χ4n) is 2.77. The first-order valence-electron chi connectivity index (χ1n) is 9.10. The molecule has 0 amide bonds. The van der Waals surface area contributed by atoms with Crippen LogP contribution in [-0.2, 0) is 12.8 Å². The van der Waals surface area contributed by atoms with Crippen molar-refractivity contribution in [2.45, 2.75) is 26.2 Å². The van der Waals surface area contributed by atoms with Crippen molar-refractivity contribution in [1.82, 2.24) is 4.98 Å². The van der Waals surface area contributed by atoms with Gasteiger partial charge in [-0.3, -0.25) is 10.8 Å². The summed E-state index contributed by atoms with van der Waals surface area (Å²) in [5.74, 6) is 0. The molecular weight excluding hydrogens is 350 g/mol. The maximum atomic E-state index is 8.36. The number of nitrogens with zero attached hydrogens (tertiary/aromatic N) is 1. The molecule has 0 fully saturated rings. The van der Waals surface area contributed by atoms with E-state index in [2.05, 4.69) is 29.4 Å². The van der Waals surface area contributed by atoms with E-state index in [9.17, 15) is 0 Å². The van der Waals surface area contributed by atoms with Crippen LogP contribution < -0.4 is 0 Å². The van der Waals surface area contributed by atoms with Gasteiger partial charge in [-0.25, -0.2) is 4.98 Å². The minimum atomic E-state index is 0.242. The lowest BCUT2D eigenvalue weighted by atomic mass is 9.98. The molecule has 0 aliphatic carbocycles. The van der Waals surface area contributed by atoms with E-state index >= 15 is 0 Å². The Hall–Kier alpha value is -2.85. The largest absolute Gasteiger partial charge is 0.298 e. The molecule has 0 spiro atoms. The molecule has 0 aliphatic heterocycles. The summed E-state index contributed by atoms with van der Waals surface area (Å²) >= 11 is 1.73. The first-order chi connectivity index (χ1) is 13.2. The third-order valence-electron chi connectivity index (χ3n) is 4.27. The Balaban J connectivity index is 1.62. The maximum Gasteiger partial charge on any atom is 0.0925 e. The van der Waals surface area contributed by atoms with E-state index in [1.807, 2.05) is 54.6 Å². The van der Waals surface area contributed by atoms with Crippen LogP contribution in [0.3, 0.4) is 0 Å². The number of hydrogen-bond donors (Lipinski definition) is 2. The smallest absolute Gasteiger partial charge is 0.0925 e. The monoisotopic (exact) mass is 373 g/mol. The van der Waals surface area contributed by atoms with Gasteiger partial charge in [-0.2, -0.15) is 0 Å². The molecule has 3 aromatic rings. The zero-order valence-corrected chi connectivity index (χ0v) is 16.2. The quantitative estimate of drug-likeness (QED) is 0.483. The first-order valence-corrected chi connectivity index (χ1v) is 9.98. The van der Waals surface area contributed by atoms with Gasteiger partial charge in [0.25, 0.3) is 0 Å². The molecule has 0 radical (unpaired) electrons.